The zero-order valence-corrected chi connectivity index (χ0v) is 11.1. The minimum Gasteiger partial charge on any atom is -0.235 e. The van der Waals surface area contributed by atoms with Gasteiger partial charge in [0.2, 0.25) is 0 Å². The molecule has 1 aromatic carbocycles. The van der Waals surface area contributed by atoms with Gasteiger partial charge in [-0.1, -0.05) is 28.0 Å². The van der Waals surface area contributed by atoms with Crippen LogP contribution in [0.25, 0.3) is 0 Å². The van der Waals surface area contributed by atoms with E-state index < -0.39 is 20.2 Å². The third-order valence-electron chi connectivity index (χ3n) is 2.42. The molecule has 6 heteroatoms. The molecule has 0 fully saturated rings. The van der Waals surface area contributed by atoms with Crippen molar-refractivity contribution in [3.63, 3.8) is 0 Å². The first-order chi connectivity index (χ1) is 8.16. The number of rotatable bonds is 1. The van der Waals surface area contributed by atoms with Crippen LogP contribution in [0, 0.1) is 4.91 Å². The second-order valence-electron chi connectivity index (χ2n) is 3.30. The summed E-state index contributed by atoms with van der Waals surface area (Å²) in [5.41, 5.74) is 0.780. The molecule has 0 amide bonds. The topological polar surface area (TPSA) is 58.9 Å². The molecule has 90 valence electrons. The summed E-state index contributed by atoms with van der Waals surface area (Å²) in [5.74, 6) is 0. The number of benzene rings is 1. The van der Waals surface area contributed by atoms with Crippen LogP contribution in [0.5, 0.6) is 0 Å². The molecule has 1 aliphatic heterocycles. The first kappa shape index (κ1) is 12.2. The van der Waals surface area contributed by atoms with Crippen molar-refractivity contribution in [2.75, 3.05) is 0 Å². The second kappa shape index (κ2) is 4.54. The number of nitrogens with zero attached hydrogens (tertiary/aromatic N) is 2. The van der Waals surface area contributed by atoms with Crippen molar-refractivity contribution in [2.45, 2.75) is 18.7 Å². The summed E-state index contributed by atoms with van der Waals surface area (Å²) < 4.78 is 15.4. The normalized spacial score (nSPS) is 21.5. The minimum atomic E-state index is -3.00. The van der Waals surface area contributed by atoms with E-state index in [1.165, 1.54) is 5.37 Å². The van der Waals surface area contributed by atoms with E-state index in [1.54, 1.807) is 6.92 Å². The van der Waals surface area contributed by atoms with E-state index in [4.69, 9.17) is 0 Å². The van der Waals surface area contributed by atoms with Crippen molar-refractivity contribution in [2.24, 2.45) is 9.57 Å². The number of nitroso groups, excluding NO2 is 1. The quantitative estimate of drug-likeness (QED) is 0.446. The molecule has 0 aliphatic carbocycles. The van der Waals surface area contributed by atoms with Crippen LogP contribution in [0.15, 0.2) is 38.7 Å². The van der Waals surface area contributed by atoms with Crippen LogP contribution in [0.4, 0.5) is 5.69 Å². The van der Waals surface area contributed by atoms with E-state index in [9.17, 15) is 9.12 Å². The van der Waals surface area contributed by atoms with Gasteiger partial charge in [0.15, 0.2) is 14.1 Å². The first-order valence-corrected chi connectivity index (χ1v) is 7.91. The molecule has 0 saturated heterocycles. The van der Waals surface area contributed by atoms with Crippen molar-refractivity contribution in [3.05, 3.63) is 29.2 Å². The van der Waals surface area contributed by atoms with Gasteiger partial charge in [-0.2, -0.15) is 0 Å². The van der Waals surface area contributed by atoms with Crippen LogP contribution < -0.4 is 0 Å². The highest BCUT2D eigenvalue weighted by Gasteiger charge is 2.26. The van der Waals surface area contributed by atoms with Crippen LogP contribution in [-0.4, -0.2) is 19.3 Å². The zero-order chi connectivity index (χ0) is 12.5. The van der Waals surface area contributed by atoms with Crippen molar-refractivity contribution in [3.8, 4) is 0 Å². The third-order valence-corrected chi connectivity index (χ3v) is 6.88. The molecule has 17 heavy (non-hydrogen) atoms. The molecule has 0 bridgehead atoms. The van der Waals surface area contributed by atoms with Gasteiger partial charge in [0.25, 0.3) is 0 Å². The van der Waals surface area contributed by atoms with E-state index in [2.05, 4.69) is 9.57 Å². The van der Waals surface area contributed by atoms with Gasteiger partial charge in [-0.3, -0.25) is 0 Å². The van der Waals surface area contributed by atoms with Gasteiger partial charge in [0.1, 0.15) is 0 Å². The van der Waals surface area contributed by atoms with Crippen molar-refractivity contribution < 1.29 is 4.21 Å². The summed E-state index contributed by atoms with van der Waals surface area (Å²) in [4.78, 5) is 16.1. The average molecular weight is 268 g/mol. The monoisotopic (exact) mass is 268 g/mol. The molecular weight excluding hydrogens is 256 g/mol. The zero-order valence-electron chi connectivity index (χ0n) is 9.49. The smallest absolute Gasteiger partial charge is 0.175 e. The van der Waals surface area contributed by atoms with Crippen molar-refractivity contribution in [1.82, 2.24) is 0 Å². The van der Waals surface area contributed by atoms with Crippen molar-refractivity contribution in [1.29, 1.82) is 0 Å². The number of aliphatic imine (C=N–C) groups is 1. The first-order valence-electron chi connectivity index (χ1n) is 5.04. The van der Waals surface area contributed by atoms with Crippen LogP contribution in [-0.2, 0) is 9.71 Å². The van der Waals surface area contributed by atoms with Crippen LogP contribution in [0.1, 0.15) is 13.8 Å². The summed E-state index contributed by atoms with van der Waals surface area (Å²) in [6, 6.07) is 7.57. The fourth-order valence-electron chi connectivity index (χ4n) is 1.57. The predicted molar refractivity (Wildman–Crippen MR) is 76.8 cm³/mol. The highest BCUT2D eigenvalue weighted by Crippen LogP contribution is 2.44. The molecule has 2 atom stereocenters. The number of hydrogen-bond acceptors (Lipinski definition) is 3. The van der Waals surface area contributed by atoms with Crippen molar-refractivity contribution >= 4 is 41.0 Å². The molecule has 0 aromatic heterocycles. The molecule has 0 N–H and O–H groups in total. The minimum absolute atomic E-state index is 0.374. The largest absolute Gasteiger partial charge is 0.235 e. The van der Waals surface area contributed by atoms with Gasteiger partial charge < -0.3 is 0 Å². The van der Waals surface area contributed by atoms with Crippen LogP contribution in [0.3, 0.4) is 0 Å². The molecule has 2 rings (SSSR count). The maximum absolute atomic E-state index is 12.3. The van der Waals surface area contributed by atoms with E-state index in [-0.39, 0.29) is 0 Å². The summed E-state index contributed by atoms with van der Waals surface area (Å²) in [7, 11) is -3.49. The Labute approximate surface area is 103 Å². The molecule has 4 nitrogen and oxygen atoms in total. The van der Waals surface area contributed by atoms with E-state index in [0.717, 1.165) is 10.6 Å². The van der Waals surface area contributed by atoms with Crippen LogP contribution in [0.2, 0.25) is 0 Å². The maximum Gasteiger partial charge on any atom is 0.175 e. The highest BCUT2D eigenvalue weighted by molar-refractivity contribution is 8.45. The SMILES string of the molecule is CC=S1C(S(=O)(=CC)N=O)=Nc2ccccc21. The van der Waals surface area contributed by atoms with Gasteiger partial charge in [-0.25, -0.2) is 9.20 Å². The molecule has 0 spiro atoms. The lowest BCUT2D eigenvalue weighted by Gasteiger charge is -2.05. The second-order valence-corrected chi connectivity index (χ2v) is 7.67. The lowest BCUT2D eigenvalue weighted by Crippen LogP contribution is -2.09. The molecule has 2 unspecified atom stereocenters. The Morgan fingerprint density at radius 2 is 2.06 bits per heavy atom. The Morgan fingerprint density at radius 1 is 1.35 bits per heavy atom. The molecular formula is C11H12N2O2S2. The Kier molecular flexibility index (Phi) is 3.26. The summed E-state index contributed by atoms with van der Waals surface area (Å²) >= 11 is 0. The summed E-state index contributed by atoms with van der Waals surface area (Å²) in [5, 5.41) is 3.26. The molecule has 1 aromatic rings. The Morgan fingerprint density at radius 3 is 2.65 bits per heavy atom. The number of para-hydroxylation sites is 1. The van der Waals surface area contributed by atoms with E-state index in [1.807, 2.05) is 36.6 Å². The van der Waals surface area contributed by atoms with Gasteiger partial charge in [0.05, 0.1) is 5.69 Å². The van der Waals surface area contributed by atoms with Gasteiger partial charge in [-0.05, 0) is 31.3 Å². The average Bonchev–Trinajstić information content (AvgIpc) is 2.76. The number of hydrogen-bond donors (Lipinski definition) is 0. The Bertz CT molecular complexity index is 653. The lowest BCUT2D eigenvalue weighted by molar-refractivity contribution is 0.689. The predicted octanol–water partition coefficient (Wildman–Crippen LogP) is 2.93. The van der Waals surface area contributed by atoms with Gasteiger partial charge >= 0.3 is 0 Å². The van der Waals surface area contributed by atoms with Gasteiger partial charge in [-0.15, -0.1) is 4.91 Å². The van der Waals surface area contributed by atoms with Gasteiger partial charge in [0, 0.05) is 9.48 Å². The summed E-state index contributed by atoms with van der Waals surface area (Å²) in [6.07, 6.45) is 0. The molecule has 0 saturated carbocycles. The molecule has 1 aliphatic rings. The lowest BCUT2D eigenvalue weighted by atomic mass is 10.3. The fraction of sp³-hybridized carbons (Fsp3) is 0.182. The third kappa shape index (κ3) is 1.87. The maximum atomic E-state index is 12.3. The molecule has 0 radical (unpaired) electrons. The van der Waals surface area contributed by atoms with E-state index in [0.29, 0.717) is 4.38 Å². The Balaban J connectivity index is 2.71. The Hall–Kier alpha value is -1.27. The standard InChI is InChI=1S/C11H12N2O2S2/c1-3-16-10-8-6-5-7-9(10)12-11(16)17(15,4-2)13-14/h3-8H,1-2H3. The summed E-state index contributed by atoms with van der Waals surface area (Å²) in [6.45, 7) is 3.45. The highest BCUT2D eigenvalue weighted by atomic mass is 32.3. The fourth-order valence-corrected chi connectivity index (χ4v) is 5.53. The van der Waals surface area contributed by atoms with Crippen LogP contribution >= 0.6 is 10.5 Å². The number of fused-ring (bicyclic) bond motifs is 1. The van der Waals surface area contributed by atoms with E-state index >= 15 is 0 Å². The molecule has 1 heterocycles.